The lowest BCUT2D eigenvalue weighted by atomic mass is 10.1. The first-order valence-electron chi connectivity index (χ1n) is 4.79. The molecular weight excluding hydrogens is 244 g/mol. The number of thioether (sulfide) groups is 1. The molecule has 2 atom stereocenters. The van der Waals surface area contributed by atoms with Crippen LogP contribution in [0, 0.1) is 0 Å². The number of hydrogen-bond donors (Lipinski definition) is 3. The predicted molar refractivity (Wildman–Crippen MR) is 67.8 cm³/mol. The van der Waals surface area contributed by atoms with Crippen molar-refractivity contribution >= 4 is 29.5 Å². The molecular formula is C11H14O3S2. The third-order valence-corrected chi connectivity index (χ3v) is 3.23. The molecule has 0 saturated carbocycles. The van der Waals surface area contributed by atoms with Gasteiger partial charge in [-0.1, -0.05) is 23.9 Å². The van der Waals surface area contributed by atoms with Crippen molar-refractivity contribution in [1.29, 1.82) is 0 Å². The van der Waals surface area contributed by atoms with Gasteiger partial charge in [-0.3, -0.25) is 4.79 Å². The van der Waals surface area contributed by atoms with Gasteiger partial charge in [0, 0.05) is 17.6 Å². The van der Waals surface area contributed by atoms with Crippen LogP contribution in [-0.2, 0) is 4.79 Å². The van der Waals surface area contributed by atoms with E-state index in [-0.39, 0.29) is 10.9 Å². The van der Waals surface area contributed by atoms with Crippen LogP contribution in [0.1, 0.15) is 18.6 Å². The van der Waals surface area contributed by atoms with E-state index in [2.05, 4.69) is 12.6 Å². The van der Waals surface area contributed by atoms with E-state index in [1.807, 2.05) is 0 Å². The number of carbonyl (C=O) groups excluding carboxylic acids is 1. The normalized spacial score (nSPS) is 14.5. The molecule has 0 heterocycles. The first-order chi connectivity index (χ1) is 7.50. The SMILES string of the molecule is CC(=O)SCC(O)C(O)c1cccc(S)c1. The summed E-state index contributed by atoms with van der Waals surface area (Å²) in [6, 6.07) is 6.95. The minimum Gasteiger partial charge on any atom is -0.389 e. The number of rotatable bonds is 4. The first-order valence-corrected chi connectivity index (χ1v) is 6.22. The molecule has 0 amide bonds. The fourth-order valence-electron chi connectivity index (χ4n) is 1.22. The van der Waals surface area contributed by atoms with Gasteiger partial charge in [0.2, 0.25) is 0 Å². The highest BCUT2D eigenvalue weighted by Gasteiger charge is 2.18. The average Bonchev–Trinajstić information content (AvgIpc) is 2.24. The molecule has 0 saturated heterocycles. The molecule has 0 aliphatic rings. The average molecular weight is 258 g/mol. The number of aliphatic hydroxyl groups is 2. The molecule has 0 radical (unpaired) electrons. The summed E-state index contributed by atoms with van der Waals surface area (Å²) in [5, 5.41) is 19.4. The lowest BCUT2D eigenvalue weighted by molar-refractivity contribution is -0.109. The summed E-state index contributed by atoms with van der Waals surface area (Å²) in [6.07, 6.45) is -1.94. The Morgan fingerprint density at radius 1 is 1.50 bits per heavy atom. The number of thiol groups is 1. The standard InChI is InChI=1S/C11H14O3S2/c1-7(12)16-6-10(13)11(14)8-3-2-4-9(15)5-8/h2-5,10-11,13-15H,6H2,1H3. The van der Waals surface area contributed by atoms with Gasteiger partial charge in [0.25, 0.3) is 0 Å². The Morgan fingerprint density at radius 3 is 2.75 bits per heavy atom. The van der Waals surface area contributed by atoms with Gasteiger partial charge in [0.05, 0.1) is 6.10 Å². The van der Waals surface area contributed by atoms with Crippen LogP contribution >= 0.6 is 24.4 Å². The Balaban J connectivity index is 2.62. The van der Waals surface area contributed by atoms with E-state index in [0.717, 1.165) is 16.7 Å². The molecule has 0 aliphatic heterocycles. The van der Waals surface area contributed by atoms with Crippen LogP contribution in [0.4, 0.5) is 0 Å². The van der Waals surface area contributed by atoms with E-state index in [1.54, 1.807) is 24.3 Å². The van der Waals surface area contributed by atoms with E-state index in [0.29, 0.717) is 5.56 Å². The zero-order valence-corrected chi connectivity index (χ0v) is 10.5. The number of carbonyl (C=O) groups is 1. The van der Waals surface area contributed by atoms with Gasteiger partial charge in [-0.2, -0.15) is 0 Å². The van der Waals surface area contributed by atoms with Crippen LogP contribution in [-0.4, -0.2) is 27.2 Å². The third kappa shape index (κ3) is 4.17. The van der Waals surface area contributed by atoms with Crippen LogP contribution in [0.2, 0.25) is 0 Å². The van der Waals surface area contributed by atoms with Crippen molar-refractivity contribution < 1.29 is 15.0 Å². The van der Waals surface area contributed by atoms with Crippen LogP contribution < -0.4 is 0 Å². The second-order valence-electron chi connectivity index (χ2n) is 3.41. The van der Waals surface area contributed by atoms with Crippen molar-refractivity contribution in [3.05, 3.63) is 29.8 Å². The van der Waals surface area contributed by atoms with Gasteiger partial charge in [0.15, 0.2) is 5.12 Å². The van der Waals surface area contributed by atoms with E-state index >= 15 is 0 Å². The quantitative estimate of drug-likeness (QED) is 0.719. The maximum atomic E-state index is 10.7. The molecule has 5 heteroatoms. The second-order valence-corrected chi connectivity index (χ2v) is 5.12. The molecule has 1 aromatic rings. The van der Waals surface area contributed by atoms with Crippen LogP contribution in [0.25, 0.3) is 0 Å². The van der Waals surface area contributed by atoms with Crippen LogP contribution in [0.3, 0.4) is 0 Å². The number of benzene rings is 1. The second kappa shape index (κ2) is 6.30. The van der Waals surface area contributed by atoms with E-state index in [4.69, 9.17) is 0 Å². The fourth-order valence-corrected chi connectivity index (χ4v) is 2.05. The molecule has 2 N–H and O–H groups in total. The molecule has 3 nitrogen and oxygen atoms in total. The Kier molecular flexibility index (Phi) is 5.34. The summed E-state index contributed by atoms with van der Waals surface area (Å²) >= 11 is 5.15. The Labute approximate surface area is 104 Å². The highest BCUT2D eigenvalue weighted by molar-refractivity contribution is 8.13. The summed E-state index contributed by atoms with van der Waals surface area (Å²) in [5.74, 6) is 0.188. The number of hydrogen-bond acceptors (Lipinski definition) is 5. The lowest BCUT2D eigenvalue weighted by Crippen LogP contribution is -2.21. The van der Waals surface area contributed by atoms with Gasteiger partial charge >= 0.3 is 0 Å². The highest BCUT2D eigenvalue weighted by Crippen LogP contribution is 2.21. The molecule has 0 fully saturated rings. The molecule has 1 rings (SSSR count). The van der Waals surface area contributed by atoms with Crippen molar-refractivity contribution in [3.8, 4) is 0 Å². The van der Waals surface area contributed by atoms with Gasteiger partial charge in [-0.15, -0.1) is 12.6 Å². The summed E-state index contributed by atoms with van der Waals surface area (Å²) in [5.41, 5.74) is 0.601. The molecule has 0 spiro atoms. The minimum absolute atomic E-state index is 0.0748. The fraction of sp³-hybridized carbons (Fsp3) is 0.364. The maximum absolute atomic E-state index is 10.7. The lowest BCUT2D eigenvalue weighted by Gasteiger charge is -2.17. The van der Waals surface area contributed by atoms with E-state index in [1.165, 1.54) is 6.92 Å². The van der Waals surface area contributed by atoms with E-state index in [9.17, 15) is 15.0 Å². The van der Waals surface area contributed by atoms with Gasteiger partial charge in [-0.05, 0) is 17.7 Å². The molecule has 16 heavy (non-hydrogen) atoms. The molecule has 0 bridgehead atoms. The van der Waals surface area contributed by atoms with Gasteiger partial charge in [-0.25, -0.2) is 0 Å². The maximum Gasteiger partial charge on any atom is 0.185 e. The molecule has 2 unspecified atom stereocenters. The van der Waals surface area contributed by atoms with Crippen LogP contribution in [0.5, 0.6) is 0 Å². The predicted octanol–water partition coefficient (Wildman–Crippen LogP) is 1.65. The van der Waals surface area contributed by atoms with E-state index < -0.39 is 12.2 Å². The van der Waals surface area contributed by atoms with Crippen molar-refractivity contribution in [2.75, 3.05) is 5.75 Å². The Morgan fingerprint density at radius 2 is 2.19 bits per heavy atom. The summed E-state index contributed by atoms with van der Waals surface area (Å²) < 4.78 is 0. The summed E-state index contributed by atoms with van der Waals surface area (Å²) in [4.78, 5) is 11.4. The zero-order valence-electron chi connectivity index (χ0n) is 8.83. The molecule has 0 aromatic heterocycles. The topological polar surface area (TPSA) is 57.5 Å². The monoisotopic (exact) mass is 258 g/mol. The van der Waals surface area contributed by atoms with Crippen molar-refractivity contribution in [2.45, 2.75) is 24.0 Å². The van der Waals surface area contributed by atoms with Crippen LogP contribution in [0.15, 0.2) is 29.2 Å². The molecule has 88 valence electrons. The summed E-state index contributed by atoms with van der Waals surface area (Å²) in [6.45, 7) is 1.43. The third-order valence-electron chi connectivity index (χ3n) is 2.03. The number of aliphatic hydroxyl groups excluding tert-OH is 2. The smallest absolute Gasteiger partial charge is 0.185 e. The zero-order chi connectivity index (χ0) is 12.1. The minimum atomic E-state index is -0.987. The van der Waals surface area contributed by atoms with Gasteiger partial charge < -0.3 is 10.2 Å². The molecule has 1 aromatic carbocycles. The van der Waals surface area contributed by atoms with Crippen molar-refractivity contribution in [1.82, 2.24) is 0 Å². The summed E-state index contributed by atoms with van der Waals surface area (Å²) in [7, 11) is 0. The van der Waals surface area contributed by atoms with Gasteiger partial charge in [0.1, 0.15) is 6.10 Å². The highest BCUT2D eigenvalue weighted by atomic mass is 32.2. The van der Waals surface area contributed by atoms with Crippen molar-refractivity contribution in [3.63, 3.8) is 0 Å². The Hall–Kier alpha value is -0.490. The molecule has 0 aliphatic carbocycles. The Bertz CT molecular complexity index is 368. The largest absolute Gasteiger partial charge is 0.389 e. The van der Waals surface area contributed by atoms with Crippen molar-refractivity contribution in [2.24, 2.45) is 0 Å². The first kappa shape index (κ1) is 13.6.